The van der Waals surface area contributed by atoms with E-state index in [0.717, 1.165) is 46.7 Å². The number of hydrogen-bond donors (Lipinski definition) is 3. The Morgan fingerprint density at radius 1 is 0.972 bits per heavy atom. The number of carbonyl (C=O) groups is 1. The number of aromatic nitrogens is 2. The molecule has 2 aromatic carbocycles. The van der Waals surface area contributed by atoms with Crippen molar-refractivity contribution in [2.45, 2.75) is 26.0 Å². The third-order valence-electron chi connectivity index (χ3n) is 5.70. The maximum absolute atomic E-state index is 11.3. The predicted octanol–water partition coefficient (Wildman–Crippen LogP) is 4.59. The van der Waals surface area contributed by atoms with Crippen molar-refractivity contribution < 1.29 is 24.5 Å². The highest BCUT2D eigenvalue weighted by Gasteiger charge is 2.12. The topological polar surface area (TPSA) is 114 Å². The number of aliphatic hydroxyl groups excluding tert-OH is 1. The third kappa shape index (κ3) is 6.67. The average Bonchev–Trinajstić information content (AvgIpc) is 2.89. The predicted molar refractivity (Wildman–Crippen MR) is 139 cm³/mol. The van der Waals surface area contributed by atoms with Gasteiger partial charge in [0.25, 0.3) is 0 Å². The van der Waals surface area contributed by atoms with E-state index in [0.29, 0.717) is 42.8 Å². The van der Waals surface area contributed by atoms with Gasteiger partial charge in [-0.3, -0.25) is 4.98 Å². The molecule has 9 heteroatoms. The number of carboxylic acids is 1. The largest absolute Gasteiger partial charge is 0.478 e. The monoisotopic (exact) mass is 509 g/mol. The molecular weight excluding hydrogens is 482 g/mol. The molecule has 2 aromatic heterocycles. The molecule has 0 aliphatic carbocycles. The highest BCUT2D eigenvalue weighted by Crippen LogP contribution is 2.30. The van der Waals surface area contributed by atoms with Crippen LogP contribution in [0.2, 0.25) is 5.02 Å². The number of aromatic carboxylic acids is 1. The van der Waals surface area contributed by atoms with Crippen LogP contribution in [0.4, 0.5) is 0 Å². The van der Waals surface area contributed by atoms with E-state index in [1.165, 1.54) is 0 Å². The zero-order valence-corrected chi connectivity index (χ0v) is 20.5. The molecule has 3 N–H and O–H groups in total. The molecule has 36 heavy (non-hydrogen) atoms. The Hall–Kier alpha value is -3.30. The van der Waals surface area contributed by atoms with E-state index < -0.39 is 5.97 Å². The minimum atomic E-state index is -1.00. The summed E-state index contributed by atoms with van der Waals surface area (Å²) in [6, 6.07) is 12.3. The van der Waals surface area contributed by atoms with Crippen LogP contribution in [-0.2, 0) is 17.9 Å². The first-order valence-electron chi connectivity index (χ1n) is 11.8. The molecule has 4 rings (SSSR count). The summed E-state index contributed by atoms with van der Waals surface area (Å²) in [5.41, 5.74) is 2.57. The van der Waals surface area contributed by atoms with Gasteiger partial charge < -0.3 is 25.0 Å². The molecule has 188 valence electrons. The summed E-state index contributed by atoms with van der Waals surface area (Å²) in [4.78, 5) is 20.1. The summed E-state index contributed by atoms with van der Waals surface area (Å²) in [6.45, 7) is 2.88. The van der Waals surface area contributed by atoms with Crippen LogP contribution in [0.15, 0.2) is 54.9 Å². The molecule has 0 bridgehead atoms. The number of fused-ring (bicyclic) bond motifs is 3. The first-order chi connectivity index (χ1) is 17.5. The highest BCUT2D eigenvalue weighted by molar-refractivity contribution is 6.30. The van der Waals surface area contributed by atoms with E-state index >= 15 is 0 Å². The Morgan fingerprint density at radius 2 is 1.83 bits per heavy atom. The molecule has 0 unspecified atom stereocenters. The normalized spacial score (nSPS) is 11.3. The van der Waals surface area contributed by atoms with Gasteiger partial charge in [0.15, 0.2) is 0 Å². The number of halogens is 1. The summed E-state index contributed by atoms with van der Waals surface area (Å²) in [5, 5.41) is 25.1. The number of carboxylic acid groups (broad SMARTS) is 1. The second-order valence-corrected chi connectivity index (χ2v) is 8.78. The number of nitrogens with one attached hydrogen (secondary N) is 1. The first-order valence-corrected chi connectivity index (χ1v) is 12.1. The number of aliphatic hydroxyl groups is 1. The number of benzene rings is 2. The molecule has 0 radical (unpaired) electrons. The van der Waals surface area contributed by atoms with E-state index in [2.05, 4.69) is 15.3 Å². The van der Waals surface area contributed by atoms with Crippen LogP contribution in [0.1, 0.15) is 34.3 Å². The van der Waals surface area contributed by atoms with Crippen molar-refractivity contribution in [3.8, 4) is 5.88 Å². The Kier molecular flexibility index (Phi) is 9.02. The van der Waals surface area contributed by atoms with Gasteiger partial charge in [0.2, 0.25) is 5.88 Å². The zero-order chi connectivity index (χ0) is 25.3. The molecule has 2 heterocycles. The van der Waals surface area contributed by atoms with Gasteiger partial charge in [-0.05, 0) is 60.8 Å². The van der Waals surface area contributed by atoms with Crippen LogP contribution >= 0.6 is 11.6 Å². The lowest BCUT2D eigenvalue weighted by Gasteiger charge is -2.11. The summed E-state index contributed by atoms with van der Waals surface area (Å²) in [5.74, 6) is -0.572. The Labute approximate surface area is 213 Å². The molecular formula is C27H28ClN3O5. The average molecular weight is 510 g/mol. The Morgan fingerprint density at radius 3 is 2.67 bits per heavy atom. The fourth-order valence-corrected chi connectivity index (χ4v) is 4.24. The number of nitrogens with zero attached hydrogens (tertiary/aromatic N) is 2. The minimum Gasteiger partial charge on any atom is -0.478 e. The van der Waals surface area contributed by atoms with Crippen LogP contribution in [0.5, 0.6) is 5.88 Å². The van der Waals surface area contributed by atoms with Gasteiger partial charge in [-0.25, -0.2) is 9.78 Å². The van der Waals surface area contributed by atoms with Gasteiger partial charge >= 0.3 is 5.97 Å². The van der Waals surface area contributed by atoms with Crippen molar-refractivity contribution in [1.29, 1.82) is 0 Å². The van der Waals surface area contributed by atoms with Crippen LogP contribution < -0.4 is 10.1 Å². The molecule has 0 saturated carbocycles. The molecule has 0 amide bonds. The van der Waals surface area contributed by atoms with Crippen molar-refractivity contribution in [2.75, 3.05) is 26.4 Å². The van der Waals surface area contributed by atoms with E-state index in [1.54, 1.807) is 36.7 Å². The van der Waals surface area contributed by atoms with Gasteiger partial charge in [0.1, 0.15) is 6.61 Å². The van der Waals surface area contributed by atoms with Gasteiger partial charge in [0.05, 0.1) is 24.3 Å². The molecule has 0 aliphatic heterocycles. The van der Waals surface area contributed by atoms with E-state index in [4.69, 9.17) is 21.1 Å². The quantitative estimate of drug-likeness (QED) is 0.177. The second kappa shape index (κ2) is 12.6. The maximum atomic E-state index is 11.3. The molecule has 0 fully saturated rings. The van der Waals surface area contributed by atoms with E-state index in [-0.39, 0.29) is 12.2 Å². The number of rotatable bonds is 13. The van der Waals surface area contributed by atoms with Crippen LogP contribution in [0.25, 0.3) is 21.7 Å². The minimum absolute atomic E-state index is 0.0232. The Balaban J connectivity index is 1.20. The third-order valence-corrected chi connectivity index (χ3v) is 5.91. The van der Waals surface area contributed by atoms with Gasteiger partial charge in [-0.1, -0.05) is 23.7 Å². The fraction of sp³-hybridized carbons (Fsp3) is 0.296. The molecule has 0 atom stereocenters. The van der Waals surface area contributed by atoms with E-state index in [1.807, 2.05) is 18.2 Å². The fourth-order valence-electron chi connectivity index (χ4n) is 3.96. The SMILES string of the molecule is O=C(O)c1ccc2c(c1)nc(OCCOCCCCNCc1cc(Cl)cc(CO)c1)c1ccncc12. The van der Waals surface area contributed by atoms with Crippen LogP contribution in [0.3, 0.4) is 0 Å². The van der Waals surface area contributed by atoms with Crippen molar-refractivity contribution in [1.82, 2.24) is 15.3 Å². The second-order valence-electron chi connectivity index (χ2n) is 8.35. The first kappa shape index (κ1) is 25.8. The van der Waals surface area contributed by atoms with Gasteiger partial charge in [-0.2, -0.15) is 0 Å². The number of ether oxygens (including phenoxy) is 2. The van der Waals surface area contributed by atoms with Crippen molar-refractivity contribution in [2.24, 2.45) is 0 Å². The standard InChI is InChI=1S/C27H28ClN3O5/c28-21-12-18(11-19(13-21)17-32)15-29-6-1-2-8-35-9-10-36-26-23-5-7-30-16-24(23)22-4-3-20(27(33)34)14-25(22)31-26/h3-5,7,11-14,16,29,32H,1-2,6,8-10,15,17H2,(H,33,34). The Bertz CT molecular complexity index is 1350. The van der Waals surface area contributed by atoms with Crippen LogP contribution in [0, 0.1) is 0 Å². The summed E-state index contributed by atoms with van der Waals surface area (Å²) < 4.78 is 11.6. The van der Waals surface area contributed by atoms with Crippen LogP contribution in [-0.4, -0.2) is 52.5 Å². The number of hydrogen-bond acceptors (Lipinski definition) is 7. The lowest BCUT2D eigenvalue weighted by atomic mass is 10.1. The highest BCUT2D eigenvalue weighted by atomic mass is 35.5. The van der Waals surface area contributed by atoms with Gasteiger partial charge in [-0.15, -0.1) is 0 Å². The molecule has 0 aliphatic rings. The summed E-state index contributed by atoms with van der Waals surface area (Å²) >= 11 is 6.07. The summed E-state index contributed by atoms with van der Waals surface area (Å²) in [7, 11) is 0. The molecule has 4 aromatic rings. The molecule has 8 nitrogen and oxygen atoms in total. The smallest absolute Gasteiger partial charge is 0.335 e. The van der Waals surface area contributed by atoms with E-state index in [9.17, 15) is 15.0 Å². The lowest BCUT2D eigenvalue weighted by Crippen LogP contribution is -2.16. The maximum Gasteiger partial charge on any atom is 0.335 e. The van der Waals surface area contributed by atoms with Crippen molar-refractivity contribution >= 4 is 39.2 Å². The summed E-state index contributed by atoms with van der Waals surface area (Å²) in [6.07, 6.45) is 5.28. The number of unbranched alkanes of at least 4 members (excludes halogenated alkanes) is 1. The number of pyridine rings is 2. The molecule has 0 spiro atoms. The molecule has 0 saturated heterocycles. The van der Waals surface area contributed by atoms with Crippen molar-refractivity contribution in [3.63, 3.8) is 0 Å². The lowest BCUT2D eigenvalue weighted by molar-refractivity contribution is 0.0697. The van der Waals surface area contributed by atoms with Gasteiger partial charge in [0, 0.05) is 46.7 Å². The zero-order valence-electron chi connectivity index (χ0n) is 19.7. The van der Waals surface area contributed by atoms with Crippen molar-refractivity contribution in [3.05, 3.63) is 76.6 Å².